The minimum absolute atomic E-state index is 0.236. The van der Waals surface area contributed by atoms with Crippen LogP contribution in [0.4, 0.5) is 0 Å². The number of amides is 1. The lowest BCUT2D eigenvalue weighted by Crippen LogP contribution is -2.46. The van der Waals surface area contributed by atoms with Crippen LogP contribution in [0, 0.1) is 0 Å². The quantitative estimate of drug-likeness (QED) is 0.838. The van der Waals surface area contributed by atoms with Gasteiger partial charge in [-0.15, -0.1) is 0 Å². The molecule has 2 fully saturated rings. The van der Waals surface area contributed by atoms with Crippen LogP contribution in [-0.2, 0) is 17.8 Å². The van der Waals surface area contributed by atoms with Gasteiger partial charge in [-0.1, -0.05) is 24.7 Å². The second kappa shape index (κ2) is 7.00. The van der Waals surface area contributed by atoms with Gasteiger partial charge >= 0.3 is 0 Å². The van der Waals surface area contributed by atoms with Gasteiger partial charge in [0.1, 0.15) is 6.10 Å². The predicted octanol–water partition coefficient (Wildman–Crippen LogP) is 2.83. The van der Waals surface area contributed by atoms with Crippen molar-refractivity contribution in [3.05, 3.63) is 10.6 Å². The highest BCUT2D eigenvalue weighted by Crippen LogP contribution is 2.33. The summed E-state index contributed by atoms with van der Waals surface area (Å²) < 4.78 is 6.19. The summed E-state index contributed by atoms with van der Waals surface area (Å²) in [6.45, 7) is 5.76. The van der Waals surface area contributed by atoms with E-state index in [1.165, 1.54) is 37.2 Å². The van der Waals surface area contributed by atoms with Crippen LogP contribution < -0.4 is 4.74 Å². The first-order chi connectivity index (χ1) is 11.7. The average Bonchev–Trinajstić information content (AvgIpc) is 2.95. The number of hydrogen-bond acceptors (Lipinski definition) is 5. The van der Waals surface area contributed by atoms with Gasteiger partial charge in [-0.05, 0) is 25.7 Å². The molecule has 0 spiro atoms. The van der Waals surface area contributed by atoms with E-state index in [-0.39, 0.29) is 5.91 Å². The van der Waals surface area contributed by atoms with Gasteiger partial charge in [-0.2, -0.15) is 0 Å². The van der Waals surface area contributed by atoms with Gasteiger partial charge in [0.05, 0.1) is 17.1 Å². The molecule has 1 aliphatic carbocycles. The maximum Gasteiger partial charge on any atom is 0.273 e. The van der Waals surface area contributed by atoms with Crippen LogP contribution in [0.5, 0.6) is 5.19 Å². The van der Waals surface area contributed by atoms with Crippen molar-refractivity contribution in [1.82, 2.24) is 14.8 Å². The minimum Gasteiger partial charge on any atom is -0.467 e. The van der Waals surface area contributed by atoms with Crippen molar-refractivity contribution < 1.29 is 9.53 Å². The summed E-state index contributed by atoms with van der Waals surface area (Å²) in [6.07, 6.45) is 8.15. The summed E-state index contributed by atoms with van der Waals surface area (Å²) in [5.74, 6) is 0.236. The summed E-state index contributed by atoms with van der Waals surface area (Å²) >= 11 is 1.64. The molecule has 132 valence electrons. The Morgan fingerprint density at radius 1 is 1.25 bits per heavy atom. The number of likely N-dealkylation sites (tertiary alicyclic amines) is 1. The van der Waals surface area contributed by atoms with Crippen molar-refractivity contribution >= 4 is 17.2 Å². The number of piperidine rings is 1. The standard InChI is InChI=1S/C18H27N3O2S/c1-2-17(22)21-11-8-15-16(12-21)24-18(19-15)23-14-6-9-20(10-7-14)13-4-3-5-13/h13-14H,2-12H2,1H3. The number of rotatable bonds is 4. The molecule has 1 saturated heterocycles. The van der Waals surface area contributed by atoms with E-state index >= 15 is 0 Å². The van der Waals surface area contributed by atoms with E-state index in [0.717, 1.165) is 42.7 Å². The molecule has 1 aromatic heterocycles. The second-order valence-electron chi connectivity index (χ2n) is 7.21. The van der Waals surface area contributed by atoms with E-state index in [4.69, 9.17) is 9.72 Å². The highest BCUT2D eigenvalue weighted by molar-refractivity contribution is 7.13. The molecule has 3 aliphatic rings. The van der Waals surface area contributed by atoms with E-state index in [0.29, 0.717) is 19.1 Å². The highest BCUT2D eigenvalue weighted by atomic mass is 32.1. The number of hydrogen-bond donors (Lipinski definition) is 0. The molecule has 1 aromatic rings. The molecule has 5 nitrogen and oxygen atoms in total. The number of thiazole rings is 1. The summed E-state index contributed by atoms with van der Waals surface area (Å²) in [5.41, 5.74) is 1.14. The second-order valence-corrected chi connectivity index (χ2v) is 8.25. The summed E-state index contributed by atoms with van der Waals surface area (Å²) in [5, 5.41) is 0.813. The zero-order chi connectivity index (χ0) is 16.5. The normalized spacial score (nSPS) is 23.0. The Labute approximate surface area is 148 Å². The van der Waals surface area contributed by atoms with Crippen LogP contribution in [-0.4, -0.2) is 52.5 Å². The molecular weight excluding hydrogens is 322 g/mol. The van der Waals surface area contributed by atoms with Crippen LogP contribution in [0.15, 0.2) is 0 Å². The lowest BCUT2D eigenvalue weighted by atomic mass is 9.90. The number of carbonyl (C=O) groups is 1. The maximum absolute atomic E-state index is 11.9. The minimum atomic E-state index is 0.236. The van der Waals surface area contributed by atoms with Crippen molar-refractivity contribution in [3.8, 4) is 5.19 Å². The molecule has 6 heteroatoms. The maximum atomic E-state index is 11.9. The number of nitrogens with zero attached hydrogens (tertiary/aromatic N) is 3. The van der Waals surface area contributed by atoms with Crippen LogP contribution >= 0.6 is 11.3 Å². The SMILES string of the molecule is CCC(=O)N1CCc2nc(OC3CCN(C4CCC4)CC3)sc2C1. The van der Waals surface area contributed by atoms with Gasteiger partial charge in [0.2, 0.25) is 5.91 Å². The Morgan fingerprint density at radius 2 is 2.04 bits per heavy atom. The lowest BCUT2D eigenvalue weighted by molar-refractivity contribution is -0.131. The van der Waals surface area contributed by atoms with E-state index in [9.17, 15) is 4.79 Å². The van der Waals surface area contributed by atoms with Crippen molar-refractivity contribution in [2.75, 3.05) is 19.6 Å². The first kappa shape index (κ1) is 16.3. The first-order valence-corrected chi connectivity index (χ1v) is 10.2. The monoisotopic (exact) mass is 349 g/mol. The van der Waals surface area contributed by atoms with E-state index in [1.54, 1.807) is 11.3 Å². The van der Waals surface area contributed by atoms with Gasteiger partial charge in [0.15, 0.2) is 0 Å². The zero-order valence-corrected chi connectivity index (χ0v) is 15.3. The fourth-order valence-electron chi connectivity index (χ4n) is 3.91. The Morgan fingerprint density at radius 3 is 2.71 bits per heavy atom. The molecule has 0 aromatic carbocycles. The highest BCUT2D eigenvalue weighted by Gasteiger charge is 2.30. The van der Waals surface area contributed by atoms with Crippen molar-refractivity contribution in [2.45, 2.75) is 70.6 Å². The van der Waals surface area contributed by atoms with E-state index in [2.05, 4.69) is 4.90 Å². The molecule has 0 unspecified atom stereocenters. The molecule has 1 amide bonds. The molecule has 0 N–H and O–H groups in total. The topological polar surface area (TPSA) is 45.7 Å². The largest absolute Gasteiger partial charge is 0.467 e. The summed E-state index contributed by atoms with van der Waals surface area (Å²) in [4.78, 5) is 22.4. The first-order valence-electron chi connectivity index (χ1n) is 9.40. The van der Waals surface area contributed by atoms with Gasteiger partial charge in [0, 0.05) is 38.5 Å². The van der Waals surface area contributed by atoms with Gasteiger partial charge in [-0.25, -0.2) is 4.98 Å². The summed E-state index contributed by atoms with van der Waals surface area (Å²) in [7, 11) is 0. The van der Waals surface area contributed by atoms with E-state index in [1.807, 2.05) is 11.8 Å². The van der Waals surface area contributed by atoms with Crippen LogP contribution in [0.25, 0.3) is 0 Å². The molecule has 0 bridgehead atoms. The van der Waals surface area contributed by atoms with Crippen molar-refractivity contribution in [3.63, 3.8) is 0 Å². The molecule has 0 radical (unpaired) electrons. The Kier molecular flexibility index (Phi) is 4.77. The number of fused-ring (bicyclic) bond motifs is 1. The van der Waals surface area contributed by atoms with Crippen LogP contribution in [0.3, 0.4) is 0 Å². The van der Waals surface area contributed by atoms with Crippen LogP contribution in [0.1, 0.15) is 56.0 Å². The third-order valence-corrected chi connectivity index (χ3v) is 6.68. The smallest absolute Gasteiger partial charge is 0.273 e. The van der Waals surface area contributed by atoms with Gasteiger partial charge in [0.25, 0.3) is 5.19 Å². The Hall–Kier alpha value is -1.14. The van der Waals surface area contributed by atoms with E-state index < -0.39 is 0 Å². The molecule has 2 aliphatic heterocycles. The number of carbonyl (C=O) groups excluding carboxylic acids is 1. The molecule has 4 rings (SSSR count). The van der Waals surface area contributed by atoms with Crippen molar-refractivity contribution in [1.29, 1.82) is 0 Å². The summed E-state index contributed by atoms with van der Waals surface area (Å²) in [6, 6.07) is 0.847. The average molecular weight is 350 g/mol. The zero-order valence-electron chi connectivity index (χ0n) is 14.5. The lowest BCUT2D eigenvalue weighted by Gasteiger charge is -2.41. The van der Waals surface area contributed by atoms with Gasteiger partial charge < -0.3 is 14.5 Å². The molecule has 1 saturated carbocycles. The third-order valence-electron chi connectivity index (χ3n) is 5.70. The third kappa shape index (κ3) is 3.31. The predicted molar refractivity (Wildman–Crippen MR) is 94.4 cm³/mol. The number of ether oxygens (including phenoxy) is 1. The molecule has 24 heavy (non-hydrogen) atoms. The van der Waals surface area contributed by atoms with Crippen molar-refractivity contribution in [2.24, 2.45) is 0 Å². The fraction of sp³-hybridized carbons (Fsp3) is 0.778. The van der Waals surface area contributed by atoms with Gasteiger partial charge in [-0.3, -0.25) is 4.79 Å². The number of aromatic nitrogens is 1. The Bertz CT molecular complexity index is 591. The Balaban J connectivity index is 1.32. The molecule has 0 atom stereocenters. The fourth-order valence-corrected chi connectivity index (χ4v) is 4.95. The van der Waals surface area contributed by atoms with Crippen LogP contribution in [0.2, 0.25) is 0 Å². The molecule has 3 heterocycles. The molecular formula is C18H27N3O2S.